The second-order valence-electron chi connectivity index (χ2n) is 11.8. The fourth-order valence-electron chi connectivity index (χ4n) is 7.01. The molecule has 2 aliphatic rings. The molecular formula is C40H31N5. The molecule has 5 heteroatoms. The van der Waals surface area contributed by atoms with Crippen molar-refractivity contribution in [3.8, 4) is 0 Å². The molecule has 6 aromatic carbocycles. The Morgan fingerprint density at radius 3 is 2.20 bits per heavy atom. The second-order valence-corrected chi connectivity index (χ2v) is 11.8. The molecule has 0 radical (unpaired) electrons. The minimum Gasteiger partial charge on any atom is -0.385 e. The maximum Gasteiger partial charge on any atom is 0.132 e. The number of aliphatic imine (C=N–C) groups is 1. The summed E-state index contributed by atoms with van der Waals surface area (Å²) in [4.78, 5) is 5.33. The Bertz CT molecular complexity index is 2340. The molecule has 3 N–H and O–H groups in total. The van der Waals surface area contributed by atoms with Gasteiger partial charge in [-0.05, 0) is 50.9 Å². The molecule has 0 fully saturated rings. The second kappa shape index (κ2) is 10.5. The van der Waals surface area contributed by atoms with E-state index in [0.717, 1.165) is 17.1 Å². The molecule has 2 aliphatic heterocycles. The van der Waals surface area contributed by atoms with Gasteiger partial charge in [0.1, 0.15) is 18.2 Å². The first kappa shape index (κ1) is 25.8. The summed E-state index contributed by atoms with van der Waals surface area (Å²) in [6, 6.07) is 47.4. The maximum atomic E-state index is 5.33. The van der Waals surface area contributed by atoms with E-state index in [1.807, 2.05) is 0 Å². The van der Waals surface area contributed by atoms with Crippen molar-refractivity contribution in [2.75, 3.05) is 6.54 Å². The first-order valence-corrected chi connectivity index (χ1v) is 15.5. The number of dihydropyridines is 1. The van der Waals surface area contributed by atoms with Crippen LogP contribution in [0.25, 0.3) is 49.0 Å². The van der Waals surface area contributed by atoms with Crippen LogP contribution in [0, 0.1) is 0 Å². The van der Waals surface area contributed by atoms with Crippen LogP contribution in [0.3, 0.4) is 0 Å². The van der Waals surface area contributed by atoms with Crippen molar-refractivity contribution < 1.29 is 0 Å². The van der Waals surface area contributed by atoms with E-state index in [-0.39, 0.29) is 12.3 Å². The molecular weight excluding hydrogens is 550 g/mol. The van der Waals surface area contributed by atoms with Crippen LogP contribution in [-0.4, -0.2) is 23.1 Å². The summed E-state index contributed by atoms with van der Waals surface area (Å²) < 4.78 is 2.38. The van der Waals surface area contributed by atoms with Crippen molar-refractivity contribution in [1.82, 2.24) is 20.5 Å². The molecule has 0 saturated heterocycles. The van der Waals surface area contributed by atoms with E-state index in [1.54, 1.807) is 0 Å². The zero-order chi connectivity index (χ0) is 29.7. The lowest BCUT2D eigenvalue weighted by molar-refractivity contribution is 0.427. The van der Waals surface area contributed by atoms with Gasteiger partial charge in [0.05, 0.1) is 16.7 Å². The van der Waals surface area contributed by atoms with E-state index in [2.05, 4.69) is 166 Å². The number of rotatable bonds is 4. The summed E-state index contributed by atoms with van der Waals surface area (Å²) in [6.45, 7) is 0.703. The average Bonchev–Trinajstić information content (AvgIpc) is 3.46. The summed E-state index contributed by atoms with van der Waals surface area (Å²) in [5.74, 6) is 0.893. The van der Waals surface area contributed by atoms with Crippen LogP contribution >= 0.6 is 0 Å². The number of para-hydroxylation sites is 1. The number of amidine groups is 1. The smallest absolute Gasteiger partial charge is 0.132 e. The number of benzene rings is 6. The van der Waals surface area contributed by atoms with Gasteiger partial charge in [-0.3, -0.25) is 5.32 Å². The Balaban J connectivity index is 1.19. The van der Waals surface area contributed by atoms with Gasteiger partial charge >= 0.3 is 0 Å². The molecule has 3 heterocycles. The SMILES string of the molecule is C1=C(C2N=C(c3cccc4ccccc34)NC(c3ccccc3)N2)CNC=C1n1c2ccccc2c2c3ccccc3ccc21. The van der Waals surface area contributed by atoms with E-state index in [1.165, 1.54) is 54.5 Å². The van der Waals surface area contributed by atoms with Crippen molar-refractivity contribution in [3.63, 3.8) is 0 Å². The van der Waals surface area contributed by atoms with Gasteiger partial charge in [0.25, 0.3) is 0 Å². The Labute approximate surface area is 261 Å². The lowest BCUT2D eigenvalue weighted by atomic mass is 10.0. The number of allylic oxidation sites excluding steroid dienone is 2. The Morgan fingerprint density at radius 2 is 1.33 bits per heavy atom. The third-order valence-electron chi connectivity index (χ3n) is 9.10. The summed E-state index contributed by atoms with van der Waals surface area (Å²) >= 11 is 0. The molecule has 216 valence electrons. The number of nitrogens with zero attached hydrogens (tertiary/aromatic N) is 2. The summed E-state index contributed by atoms with van der Waals surface area (Å²) in [6.07, 6.45) is 4.12. The molecule has 5 nitrogen and oxygen atoms in total. The minimum atomic E-state index is -0.226. The van der Waals surface area contributed by atoms with E-state index in [4.69, 9.17) is 4.99 Å². The highest BCUT2D eigenvalue weighted by molar-refractivity contribution is 6.22. The molecule has 0 aliphatic carbocycles. The largest absolute Gasteiger partial charge is 0.385 e. The quantitative estimate of drug-likeness (QED) is 0.197. The summed E-state index contributed by atoms with van der Waals surface area (Å²) in [5.41, 5.74) is 6.94. The minimum absolute atomic E-state index is 0.0995. The fourth-order valence-corrected chi connectivity index (χ4v) is 7.01. The highest BCUT2D eigenvalue weighted by atomic mass is 15.3. The van der Waals surface area contributed by atoms with Gasteiger partial charge in [-0.2, -0.15) is 0 Å². The maximum absolute atomic E-state index is 5.33. The molecule has 1 aromatic heterocycles. The average molecular weight is 582 g/mol. The highest BCUT2D eigenvalue weighted by Crippen LogP contribution is 2.37. The molecule has 0 amide bonds. The van der Waals surface area contributed by atoms with E-state index < -0.39 is 0 Å². The normalized spacial score (nSPS) is 18.4. The van der Waals surface area contributed by atoms with Gasteiger partial charge in [0.15, 0.2) is 0 Å². The monoisotopic (exact) mass is 581 g/mol. The van der Waals surface area contributed by atoms with Crippen LogP contribution in [-0.2, 0) is 0 Å². The summed E-state index contributed by atoms with van der Waals surface area (Å²) in [7, 11) is 0. The molecule has 2 unspecified atom stereocenters. The van der Waals surface area contributed by atoms with Gasteiger partial charge in [0.2, 0.25) is 0 Å². The summed E-state index contributed by atoms with van der Waals surface area (Å²) in [5, 5.41) is 18.6. The molecule has 0 bridgehead atoms. The van der Waals surface area contributed by atoms with E-state index in [9.17, 15) is 0 Å². The Kier molecular flexibility index (Phi) is 6.03. The molecule has 9 rings (SSSR count). The third-order valence-corrected chi connectivity index (χ3v) is 9.10. The standard InChI is InChI=1S/C40H31N5/c1-2-13-28(14-3-1)38-42-39(44-40(43-38)33-19-10-15-26-11-4-6-16-31(26)33)29-23-30(25-41-24-29)45-35-20-9-8-18-34(35)37-32-17-7-5-12-27(32)21-22-36(37)45/h1-23,25,38-39,41-42H,24H2,(H,43,44). The van der Waals surface area contributed by atoms with Crippen molar-refractivity contribution in [1.29, 1.82) is 0 Å². The number of nitrogens with one attached hydrogen (secondary N) is 3. The predicted molar refractivity (Wildman–Crippen MR) is 187 cm³/mol. The highest BCUT2D eigenvalue weighted by Gasteiger charge is 2.28. The van der Waals surface area contributed by atoms with Crippen LogP contribution in [0.5, 0.6) is 0 Å². The number of aromatic nitrogens is 1. The molecule has 45 heavy (non-hydrogen) atoms. The van der Waals surface area contributed by atoms with Crippen molar-refractivity contribution in [2.45, 2.75) is 12.3 Å². The van der Waals surface area contributed by atoms with Gasteiger partial charge in [-0.1, -0.05) is 121 Å². The molecule has 0 spiro atoms. The van der Waals surface area contributed by atoms with Gasteiger partial charge in [-0.25, -0.2) is 4.99 Å². The van der Waals surface area contributed by atoms with Crippen LogP contribution in [0.1, 0.15) is 17.3 Å². The molecule has 2 atom stereocenters. The topological polar surface area (TPSA) is 53.4 Å². The van der Waals surface area contributed by atoms with Gasteiger partial charge in [-0.15, -0.1) is 0 Å². The zero-order valence-electron chi connectivity index (χ0n) is 24.6. The van der Waals surface area contributed by atoms with Crippen LogP contribution in [0.2, 0.25) is 0 Å². The lowest BCUT2D eigenvalue weighted by Gasteiger charge is -2.34. The zero-order valence-corrected chi connectivity index (χ0v) is 24.6. The Morgan fingerprint density at radius 1 is 0.622 bits per heavy atom. The Hall–Kier alpha value is -5.65. The van der Waals surface area contributed by atoms with Crippen molar-refractivity contribution >= 4 is 54.9 Å². The predicted octanol–water partition coefficient (Wildman–Crippen LogP) is 8.09. The fraction of sp³-hybridized carbons (Fsp3) is 0.0750. The number of hydrogen-bond acceptors (Lipinski definition) is 4. The van der Waals surface area contributed by atoms with Crippen LogP contribution in [0.4, 0.5) is 0 Å². The van der Waals surface area contributed by atoms with Crippen LogP contribution in [0.15, 0.2) is 156 Å². The van der Waals surface area contributed by atoms with Gasteiger partial charge < -0.3 is 15.2 Å². The molecule has 0 saturated carbocycles. The van der Waals surface area contributed by atoms with E-state index >= 15 is 0 Å². The van der Waals surface area contributed by atoms with Crippen molar-refractivity contribution in [3.05, 3.63) is 162 Å². The van der Waals surface area contributed by atoms with Crippen LogP contribution < -0.4 is 16.0 Å². The third kappa shape index (κ3) is 4.32. The first-order chi connectivity index (χ1) is 22.3. The number of fused-ring (bicyclic) bond motifs is 6. The molecule has 7 aromatic rings. The van der Waals surface area contributed by atoms with Crippen molar-refractivity contribution in [2.24, 2.45) is 4.99 Å². The number of hydrogen-bond donors (Lipinski definition) is 3. The lowest BCUT2D eigenvalue weighted by Crippen LogP contribution is -2.50. The first-order valence-electron chi connectivity index (χ1n) is 15.5. The van der Waals surface area contributed by atoms with E-state index in [0.29, 0.717) is 6.54 Å². The van der Waals surface area contributed by atoms with Gasteiger partial charge in [0, 0.05) is 29.1 Å².